The number of hydrogen-bond donors (Lipinski definition) is 1. The van der Waals surface area contributed by atoms with Crippen LogP contribution in [-0.4, -0.2) is 12.6 Å². The maximum absolute atomic E-state index is 5.74. The number of rotatable bonds is 8. The molecule has 1 atom stereocenters. The van der Waals surface area contributed by atoms with E-state index in [0.29, 0.717) is 12.1 Å². The smallest absolute Gasteiger partial charge is 0.124 e. The number of nitrogens with one attached hydrogen (secondary N) is 1. The summed E-state index contributed by atoms with van der Waals surface area (Å²) in [6, 6.07) is 9.27. The van der Waals surface area contributed by atoms with Gasteiger partial charge in [0.2, 0.25) is 0 Å². The zero-order valence-electron chi connectivity index (χ0n) is 12.2. The molecule has 1 aromatic carbocycles. The third-order valence-corrected chi connectivity index (χ3v) is 2.98. The van der Waals surface area contributed by atoms with Crippen molar-refractivity contribution in [2.45, 2.75) is 59.0 Å². The Hall–Kier alpha value is -1.02. The molecule has 1 aromatic rings. The van der Waals surface area contributed by atoms with Gasteiger partial charge in [0.15, 0.2) is 0 Å². The maximum atomic E-state index is 5.74. The van der Waals surface area contributed by atoms with Gasteiger partial charge in [-0.15, -0.1) is 0 Å². The first-order valence-corrected chi connectivity index (χ1v) is 7.16. The molecule has 2 heteroatoms. The SMILES string of the molecule is CCCCC(NC(C)C)c1ccccc1OCC. The monoisotopic (exact) mass is 249 g/mol. The van der Waals surface area contributed by atoms with Gasteiger partial charge in [-0.2, -0.15) is 0 Å². The average Bonchev–Trinajstić information content (AvgIpc) is 2.35. The minimum atomic E-state index is 0.396. The molecule has 0 radical (unpaired) electrons. The van der Waals surface area contributed by atoms with Crippen LogP contribution >= 0.6 is 0 Å². The Balaban J connectivity index is 2.88. The number of ether oxygens (including phenoxy) is 1. The van der Waals surface area contributed by atoms with Gasteiger partial charge in [0.05, 0.1) is 6.61 Å². The highest BCUT2D eigenvalue weighted by Gasteiger charge is 2.16. The Labute approximate surface area is 112 Å². The summed E-state index contributed by atoms with van der Waals surface area (Å²) in [5, 5.41) is 3.65. The molecule has 0 aromatic heterocycles. The van der Waals surface area contributed by atoms with Gasteiger partial charge in [-0.25, -0.2) is 0 Å². The van der Waals surface area contributed by atoms with E-state index in [9.17, 15) is 0 Å². The lowest BCUT2D eigenvalue weighted by Gasteiger charge is -2.23. The molecular formula is C16H27NO. The van der Waals surface area contributed by atoms with Crippen molar-refractivity contribution in [3.05, 3.63) is 29.8 Å². The first-order chi connectivity index (χ1) is 8.69. The highest BCUT2D eigenvalue weighted by Crippen LogP contribution is 2.28. The van der Waals surface area contributed by atoms with Gasteiger partial charge < -0.3 is 10.1 Å². The Morgan fingerprint density at radius 1 is 1.17 bits per heavy atom. The van der Waals surface area contributed by atoms with Gasteiger partial charge in [0.1, 0.15) is 5.75 Å². The van der Waals surface area contributed by atoms with E-state index in [4.69, 9.17) is 4.74 Å². The quantitative estimate of drug-likeness (QED) is 0.741. The fourth-order valence-electron chi connectivity index (χ4n) is 2.19. The number of unbranched alkanes of at least 4 members (excludes halogenated alkanes) is 1. The van der Waals surface area contributed by atoms with E-state index in [1.807, 2.05) is 13.0 Å². The van der Waals surface area contributed by atoms with Gasteiger partial charge in [-0.05, 0) is 19.4 Å². The lowest BCUT2D eigenvalue weighted by Crippen LogP contribution is -2.28. The van der Waals surface area contributed by atoms with Gasteiger partial charge in [0.25, 0.3) is 0 Å². The first kappa shape index (κ1) is 15.0. The standard InChI is InChI=1S/C16H27NO/c1-5-7-11-15(17-13(3)4)14-10-8-9-12-16(14)18-6-2/h8-10,12-13,15,17H,5-7,11H2,1-4H3. The molecule has 0 heterocycles. The van der Waals surface area contributed by atoms with Crippen LogP contribution in [-0.2, 0) is 0 Å². The lowest BCUT2D eigenvalue weighted by molar-refractivity contribution is 0.327. The number of hydrogen-bond acceptors (Lipinski definition) is 2. The van der Waals surface area contributed by atoms with Crippen molar-refractivity contribution >= 4 is 0 Å². The molecule has 0 fully saturated rings. The summed E-state index contributed by atoms with van der Waals surface area (Å²) in [7, 11) is 0. The highest BCUT2D eigenvalue weighted by atomic mass is 16.5. The molecular weight excluding hydrogens is 222 g/mol. The molecule has 1 unspecified atom stereocenters. The molecule has 1 rings (SSSR count). The van der Waals surface area contributed by atoms with Crippen molar-refractivity contribution in [2.24, 2.45) is 0 Å². The van der Waals surface area contributed by atoms with E-state index in [1.54, 1.807) is 0 Å². The molecule has 0 bridgehead atoms. The van der Waals surface area contributed by atoms with E-state index in [0.717, 1.165) is 12.4 Å². The van der Waals surface area contributed by atoms with Crippen LogP contribution in [0.5, 0.6) is 5.75 Å². The first-order valence-electron chi connectivity index (χ1n) is 7.16. The summed E-state index contributed by atoms with van der Waals surface area (Å²) in [5.74, 6) is 1.02. The molecule has 0 saturated heterocycles. The van der Waals surface area contributed by atoms with Crippen molar-refractivity contribution in [3.8, 4) is 5.75 Å². The van der Waals surface area contributed by atoms with E-state index < -0.39 is 0 Å². The minimum Gasteiger partial charge on any atom is -0.494 e. The van der Waals surface area contributed by atoms with Crippen LogP contribution in [0.25, 0.3) is 0 Å². The van der Waals surface area contributed by atoms with Crippen molar-refractivity contribution in [3.63, 3.8) is 0 Å². The largest absolute Gasteiger partial charge is 0.494 e. The zero-order chi connectivity index (χ0) is 13.4. The van der Waals surface area contributed by atoms with Crippen LogP contribution < -0.4 is 10.1 Å². The lowest BCUT2D eigenvalue weighted by atomic mass is 9.99. The van der Waals surface area contributed by atoms with Gasteiger partial charge in [-0.3, -0.25) is 0 Å². The van der Waals surface area contributed by atoms with Crippen LogP contribution in [0, 0.1) is 0 Å². The van der Waals surface area contributed by atoms with E-state index in [1.165, 1.54) is 24.8 Å². The van der Waals surface area contributed by atoms with Crippen LogP contribution in [0.1, 0.15) is 58.6 Å². The highest BCUT2D eigenvalue weighted by molar-refractivity contribution is 5.36. The fraction of sp³-hybridized carbons (Fsp3) is 0.625. The molecule has 0 spiro atoms. The predicted octanol–water partition coefficient (Wildman–Crippen LogP) is 4.31. The summed E-state index contributed by atoms with van der Waals surface area (Å²) in [6.07, 6.45) is 3.64. The van der Waals surface area contributed by atoms with Gasteiger partial charge in [-0.1, -0.05) is 51.8 Å². The van der Waals surface area contributed by atoms with E-state index in [-0.39, 0.29) is 0 Å². The molecule has 1 N–H and O–H groups in total. The predicted molar refractivity (Wildman–Crippen MR) is 78.1 cm³/mol. The summed E-state index contributed by atoms with van der Waals surface area (Å²) in [5.41, 5.74) is 1.29. The third kappa shape index (κ3) is 4.69. The summed E-state index contributed by atoms with van der Waals surface area (Å²) >= 11 is 0. The van der Waals surface area contributed by atoms with Crippen LogP contribution in [0.4, 0.5) is 0 Å². The molecule has 18 heavy (non-hydrogen) atoms. The Kier molecular flexibility index (Phi) is 6.81. The number of benzene rings is 1. The van der Waals surface area contributed by atoms with Crippen molar-refractivity contribution in [1.82, 2.24) is 5.32 Å². The second kappa shape index (κ2) is 8.15. The van der Waals surface area contributed by atoms with Crippen molar-refractivity contribution in [1.29, 1.82) is 0 Å². The van der Waals surface area contributed by atoms with Gasteiger partial charge >= 0.3 is 0 Å². The topological polar surface area (TPSA) is 21.3 Å². The molecule has 0 aliphatic carbocycles. The number of para-hydroxylation sites is 1. The van der Waals surface area contributed by atoms with Crippen LogP contribution in [0.2, 0.25) is 0 Å². The average molecular weight is 249 g/mol. The fourth-order valence-corrected chi connectivity index (χ4v) is 2.19. The second-order valence-electron chi connectivity index (χ2n) is 4.99. The van der Waals surface area contributed by atoms with E-state index >= 15 is 0 Å². The molecule has 0 aliphatic heterocycles. The second-order valence-corrected chi connectivity index (χ2v) is 4.99. The summed E-state index contributed by atoms with van der Waals surface area (Å²) in [4.78, 5) is 0. The molecule has 102 valence electrons. The summed E-state index contributed by atoms with van der Waals surface area (Å²) < 4.78 is 5.74. The molecule has 0 saturated carbocycles. The summed E-state index contributed by atoms with van der Waals surface area (Å²) in [6.45, 7) is 9.39. The van der Waals surface area contributed by atoms with Gasteiger partial charge in [0, 0.05) is 17.6 Å². The zero-order valence-corrected chi connectivity index (χ0v) is 12.2. The van der Waals surface area contributed by atoms with Crippen molar-refractivity contribution < 1.29 is 4.74 Å². The Morgan fingerprint density at radius 2 is 1.89 bits per heavy atom. The van der Waals surface area contributed by atoms with Crippen LogP contribution in [0.15, 0.2) is 24.3 Å². The molecule has 0 amide bonds. The maximum Gasteiger partial charge on any atom is 0.124 e. The Bertz CT molecular complexity index is 336. The third-order valence-electron chi connectivity index (χ3n) is 2.98. The Morgan fingerprint density at radius 3 is 2.50 bits per heavy atom. The molecule has 0 aliphatic rings. The van der Waals surface area contributed by atoms with Crippen LogP contribution in [0.3, 0.4) is 0 Å². The van der Waals surface area contributed by atoms with Crippen molar-refractivity contribution in [2.75, 3.05) is 6.61 Å². The molecule has 2 nitrogen and oxygen atoms in total. The normalized spacial score (nSPS) is 12.7. The van der Waals surface area contributed by atoms with E-state index in [2.05, 4.69) is 44.3 Å². The minimum absolute atomic E-state index is 0.396.